The van der Waals surface area contributed by atoms with Gasteiger partial charge in [-0.3, -0.25) is 13.9 Å². The molecule has 0 saturated heterocycles. The van der Waals surface area contributed by atoms with Crippen LogP contribution < -0.4 is 9.62 Å². The van der Waals surface area contributed by atoms with E-state index >= 15 is 0 Å². The number of hydrogen-bond donors (Lipinski definition) is 1. The second kappa shape index (κ2) is 13.5. The molecule has 0 bridgehead atoms. The van der Waals surface area contributed by atoms with Crippen molar-refractivity contribution in [3.8, 4) is 0 Å². The van der Waals surface area contributed by atoms with Gasteiger partial charge in [-0.05, 0) is 62.2 Å². The van der Waals surface area contributed by atoms with Gasteiger partial charge in [0, 0.05) is 18.1 Å². The summed E-state index contributed by atoms with van der Waals surface area (Å²) in [5.41, 5.74) is 1.66. The van der Waals surface area contributed by atoms with Crippen LogP contribution in [-0.2, 0) is 26.2 Å². The van der Waals surface area contributed by atoms with E-state index in [9.17, 15) is 18.0 Å². The molecule has 0 spiro atoms. The van der Waals surface area contributed by atoms with E-state index < -0.39 is 28.5 Å². The van der Waals surface area contributed by atoms with Crippen LogP contribution in [0, 0.1) is 6.92 Å². The minimum absolute atomic E-state index is 0.000365. The number of benzene rings is 3. The number of nitrogens with zero attached hydrogens (tertiary/aromatic N) is 2. The van der Waals surface area contributed by atoms with Gasteiger partial charge in [0.2, 0.25) is 11.8 Å². The first-order valence-corrected chi connectivity index (χ1v) is 14.9. The van der Waals surface area contributed by atoms with E-state index in [2.05, 4.69) is 5.32 Å². The molecule has 1 unspecified atom stereocenters. The fraction of sp³-hybridized carbons (Fsp3) is 0.286. The van der Waals surface area contributed by atoms with E-state index in [0.717, 1.165) is 9.87 Å². The molecule has 2 amide bonds. The zero-order valence-electron chi connectivity index (χ0n) is 21.8. The predicted octanol–water partition coefficient (Wildman–Crippen LogP) is 6.09. The van der Waals surface area contributed by atoms with Gasteiger partial charge in [-0.2, -0.15) is 0 Å². The number of anilines is 1. The summed E-state index contributed by atoms with van der Waals surface area (Å²) in [7, 11) is -4.22. The second-order valence-electron chi connectivity index (χ2n) is 8.85. The van der Waals surface area contributed by atoms with Crippen LogP contribution in [0.3, 0.4) is 0 Å². The summed E-state index contributed by atoms with van der Waals surface area (Å²) in [6, 6.07) is 16.8. The third-order valence-electron chi connectivity index (χ3n) is 6.11. The van der Waals surface area contributed by atoms with E-state index in [1.54, 1.807) is 50.2 Å². The molecule has 3 aromatic carbocycles. The Morgan fingerprint density at radius 3 is 2.15 bits per heavy atom. The number of nitrogens with one attached hydrogen (secondary N) is 1. The summed E-state index contributed by atoms with van der Waals surface area (Å²) in [5, 5.41) is 3.56. The van der Waals surface area contributed by atoms with E-state index in [1.807, 2.05) is 6.92 Å². The van der Waals surface area contributed by atoms with E-state index in [0.29, 0.717) is 23.6 Å². The third-order valence-corrected chi connectivity index (χ3v) is 9.01. The molecular formula is C28H30Cl3N3O4S. The molecule has 7 nitrogen and oxygen atoms in total. The molecule has 0 aliphatic rings. The van der Waals surface area contributed by atoms with Crippen LogP contribution in [0.4, 0.5) is 5.69 Å². The smallest absolute Gasteiger partial charge is 0.264 e. The maximum Gasteiger partial charge on any atom is 0.264 e. The van der Waals surface area contributed by atoms with Gasteiger partial charge in [0.05, 0.1) is 20.6 Å². The van der Waals surface area contributed by atoms with Gasteiger partial charge < -0.3 is 10.2 Å². The van der Waals surface area contributed by atoms with Gasteiger partial charge in [-0.15, -0.1) is 0 Å². The number of rotatable bonds is 11. The highest BCUT2D eigenvalue weighted by molar-refractivity contribution is 7.92. The first-order chi connectivity index (χ1) is 18.5. The van der Waals surface area contributed by atoms with Crippen LogP contribution in [0.2, 0.25) is 15.1 Å². The molecule has 1 N–H and O–H groups in total. The number of amides is 2. The van der Waals surface area contributed by atoms with Crippen LogP contribution >= 0.6 is 34.8 Å². The summed E-state index contributed by atoms with van der Waals surface area (Å²) < 4.78 is 28.7. The van der Waals surface area contributed by atoms with E-state index in [-0.39, 0.29) is 33.1 Å². The number of sulfonamides is 1. The van der Waals surface area contributed by atoms with Gasteiger partial charge in [0.15, 0.2) is 0 Å². The van der Waals surface area contributed by atoms with Gasteiger partial charge >= 0.3 is 0 Å². The molecule has 208 valence electrons. The lowest BCUT2D eigenvalue weighted by Crippen LogP contribution is -2.52. The lowest BCUT2D eigenvalue weighted by molar-refractivity contribution is -0.140. The summed E-state index contributed by atoms with van der Waals surface area (Å²) in [6.45, 7) is 5.20. The first-order valence-electron chi connectivity index (χ1n) is 12.3. The van der Waals surface area contributed by atoms with Crippen LogP contribution in [0.25, 0.3) is 0 Å². The highest BCUT2D eigenvalue weighted by Crippen LogP contribution is 2.31. The van der Waals surface area contributed by atoms with Gasteiger partial charge in [0.25, 0.3) is 10.0 Å². The van der Waals surface area contributed by atoms with Crippen molar-refractivity contribution in [2.24, 2.45) is 0 Å². The second-order valence-corrected chi connectivity index (χ2v) is 11.9. The fourth-order valence-electron chi connectivity index (χ4n) is 4.03. The van der Waals surface area contributed by atoms with Gasteiger partial charge in [-0.25, -0.2) is 8.42 Å². The molecule has 1 atom stereocenters. The molecule has 0 fully saturated rings. The third kappa shape index (κ3) is 7.45. The fourth-order valence-corrected chi connectivity index (χ4v) is 5.92. The Labute approximate surface area is 244 Å². The Hall–Kier alpha value is -2.78. The Morgan fingerprint density at radius 2 is 1.56 bits per heavy atom. The van der Waals surface area contributed by atoms with Crippen molar-refractivity contribution in [1.29, 1.82) is 0 Å². The number of likely N-dealkylation sites (N-methyl/N-ethyl adjacent to an activating group) is 1. The molecule has 0 aromatic heterocycles. The Balaban J connectivity index is 2.10. The molecule has 0 heterocycles. The highest BCUT2D eigenvalue weighted by Gasteiger charge is 2.34. The predicted molar refractivity (Wildman–Crippen MR) is 157 cm³/mol. The lowest BCUT2D eigenvalue weighted by Gasteiger charge is -2.33. The van der Waals surface area contributed by atoms with Crippen molar-refractivity contribution in [1.82, 2.24) is 10.2 Å². The summed E-state index contributed by atoms with van der Waals surface area (Å²) in [6.07, 6.45) is 0.305. The summed E-state index contributed by atoms with van der Waals surface area (Å²) in [4.78, 5) is 28.3. The molecule has 39 heavy (non-hydrogen) atoms. The zero-order valence-corrected chi connectivity index (χ0v) is 24.9. The van der Waals surface area contributed by atoms with Crippen molar-refractivity contribution in [2.75, 3.05) is 17.4 Å². The minimum atomic E-state index is -4.22. The van der Waals surface area contributed by atoms with E-state index in [1.165, 1.54) is 35.2 Å². The monoisotopic (exact) mass is 609 g/mol. The number of halogens is 3. The zero-order chi connectivity index (χ0) is 28.7. The summed E-state index contributed by atoms with van der Waals surface area (Å²) in [5.74, 6) is -0.933. The molecule has 3 rings (SSSR count). The molecule has 0 aliphatic heterocycles. The maximum atomic E-state index is 14.0. The topological polar surface area (TPSA) is 86.8 Å². The number of carbonyl (C=O) groups is 2. The van der Waals surface area contributed by atoms with Crippen LogP contribution in [0.1, 0.15) is 31.4 Å². The number of aryl methyl sites for hydroxylation is 1. The molecule has 11 heteroatoms. The van der Waals surface area contributed by atoms with Crippen molar-refractivity contribution in [3.05, 3.63) is 92.9 Å². The minimum Gasteiger partial charge on any atom is -0.355 e. The normalized spacial score (nSPS) is 12.1. The van der Waals surface area contributed by atoms with Gasteiger partial charge in [-0.1, -0.05) is 77.6 Å². The molecular weight excluding hydrogens is 581 g/mol. The van der Waals surface area contributed by atoms with Crippen molar-refractivity contribution in [3.63, 3.8) is 0 Å². The number of hydrogen-bond acceptors (Lipinski definition) is 4. The highest BCUT2D eigenvalue weighted by atomic mass is 35.5. The molecule has 0 saturated carbocycles. The molecule has 0 radical (unpaired) electrons. The largest absolute Gasteiger partial charge is 0.355 e. The maximum absolute atomic E-state index is 14.0. The number of carbonyl (C=O) groups excluding carboxylic acids is 2. The Kier molecular flexibility index (Phi) is 10.7. The van der Waals surface area contributed by atoms with Crippen LogP contribution in [0.5, 0.6) is 0 Å². The van der Waals surface area contributed by atoms with Crippen LogP contribution in [-0.4, -0.2) is 44.3 Å². The lowest BCUT2D eigenvalue weighted by atomic mass is 10.1. The SMILES string of the molecule is CCNC(=O)C(CC)N(Cc1ccccc1Cl)C(=O)CN(c1ccc(Cl)c(Cl)c1)S(=O)(=O)c1ccc(C)cc1. The van der Waals surface area contributed by atoms with Crippen LogP contribution in [0.15, 0.2) is 71.6 Å². The molecule has 3 aromatic rings. The quantitative estimate of drug-likeness (QED) is 0.285. The average Bonchev–Trinajstić information content (AvgIpc) is 2.90. The standard InChI is InChI=1S/C28H30Cl3N3O4S/c1-4-26(28(36)32-5-2)33(17-20-8-6-7-9-23(20)29)27(35)18-34(21-12-15-24(30)25(31)16-21)39(37,38)22-13-10-19(3)11-14-22/h6-16,26H,4-5,17-18H2,1-3H3,(H,32,36). The average molecular weight is 611 g/mol. The molecule has 0 aliphatic carbocycles. The van der Waals surface area contributed by atoms with Gasteiger partial charge in [0.1, 0.15) is 12.6 Å². The van der Waals surface area contributed by atoms with Crippen molar-refractivity contribution in [2.45, 2.75) is 44.7 Å². The van der Waals surface area contributed by atoms with Crippen molar-refractivity contribution < 1.29 is 18.0 Å². The Bertz CT molecular complexity index is 1430. The Morgan fingerprint density at radius 1 is 0.897 bits per heavy atom. The van der Waals surface area contributed by atoms with Crippen molar-refractivity contribution >= 4 is 62.3 Å². The van der Waals surface area contributed by atoms with E-state index in [4.69, 9.17) is 34.8 Å². The first kappa shape index (κ1) is 30.8. The summed E-state index contributed by atoms with van der Waals surface area (Å²) >= 11 is 18.7.